The first kappa shape index (κ1) is 21.3. The minimum absolute atomic E-state index is 0.0132. The average molecular weight is 450 g/mol. The van der Waals surface area contributed by atoms with Gasteiger partial charge in [-0.2, -0.15) is 0 Å². The monoisotopic (exact) mass is 450 g/mol. The number of nitrogens with one attached hydrogen (secondary N) is 1. The Morgan fingerprint density at radius 2 is 2.03 bits per heavy atom. The van der Waals surface area contributed by atoms with Gasteiger partial charge in [-0.05, 0) is 24.6 Å². The van der Waals surface area contributed by atoms with E-state index >= 15 is 0 Å². The maximum Gasteiger partial charge on any atom is 0.411 e. The van der Waals surface area contributed by atoms with E-state index in [2.05, 4.69) is 20.3 Å². The zero-order chi connectivity index (χ0) is 23.2. The van der Waals surface area contributed by atoms with Crippen molar-refractivity contribution < 1.29 is 32.6 Å². The van der Waals surface area contributed by atoms with Gasteiger partial charge in [0.25, 0.3) is 18.4 Å². The SMILES string of the molecule is CN(C(=O)O)c1cnc(C(=O)Nc2ccc(F)c([C@@]3(C(F)F)N=C(N)O[C@@H]4C[C@@H]43)c2)nc1. The molecular formula is C19H17F3N6O4. The van der Waals surface area contributed by atoms with E-state index in [-0.39, 0.29) is 23.6 Å². The van der Waals surface area contributed by atoms with Crippen LogP contribution < -0.4 is 16.0 Å². The number of rotatable bonds is 5. The van der Waals surface area contributed by atoms with Crippen molar-refractivity contribution >= 4 is 29.4 Å². The number of amidine groups is 1. The molecular weight excluding hydrogens is 433 g/mol. The van der Waals surface area contributed by atoms with Crippen molar-refractivity contribution in [2.45, 2.75) is 24.5 Å². The summed E-state index contributed by atoms with van der Waals surface area (Å²) in [4.78, 5) is 35.6. The van der Waals surface area contributed by atoms with Gasteiger partial charge in [-0.25, -0.2) is 32.9 Å². The maximum atomic E-state index is 14.6. The number of aliphatic imine (C=N–C) groups is 1. The molecule has 4 N–H and O–H groups in total. The number of nitrogens with two attached hydrogens (primary N) is 1. The van der Waals surface area contributed by atoms with Crippen LogP contribution in [0.2, 0.25) is 0 Å². The molecule has 32 heavy (non-hydrogen) atoms. The number of alkyl halides is 2. The Morgan fingerprint density at radius 1 is 1.34 bits per heavy atom. The van der Waals surface area contributed by atoms with Crippen LogP contribution in [0.15, 0.2) is 35.6 Å². The zero-order valence-electron chi connectivity index (χ0n) is 16.5. The largest absolute Gasteiger partial charge is 0.465 e. The number of carbonyl (C=O) groups is 2. The predicted molar refractivity (Wildman–Crippen MR) is 105 cm³/mol. The number of ether oxygens (including phenoxy) is 1. The normalized spacial score (nSPS) is 23.6. The molecule has 1 fully saturated rings. The lowest BCUT2D eigenvalue weighted by atomic mass is 9.84. The van der Waals surface area contributed by atoms with Gasteiger partial charge in [-0.1, -0.05) is 0 Å². The van der Waals surface area contributed by atoms with Crippen LogP contribution in [0.3, 0.4) is 0 Å². The van der Waals surface area contributed by atoms with E-state index < -0.39 is 53.4 Å². The summed E-state index contributed by atoms with van der Waals surface area (Å²) in [7, 11) is 1.27. The summed E-state index contributed by atoms with van der Waals surface area (Å²) in [5.41, 5.74) is 3.05. The molecule has 2 heterocycles. The molecule has 2 aliphatic rings. The van der Waals surface area contributed by atoms with Crippen molar-refractivity contribution in [3.63, 3.8) is 0 Å². The van der Waals surface area contributed by atoms with Gasteiger partial charge in [-0.3, -0.25) is 9.69 Å². The van der Waals surface area contributed by atoms with E-state index in [0.717, 1.165) is 29.4 Å². The summed E-state index contributed by atoms with van der Waals surface area (Å²) in [6.07, 6.45) is -2.38. The molecule has 1 aliphatic carbocycles. The highest BCUT2D eigenvalue weighted by atomic mass is 19.3. The summed E-state index contributed by atoms with van der Waals surface area (Å²) < 4.78 is 48.2. The average Bonchev–Trinajstić information content (AvgIpc) is 3.53. The molecule has 1 aromatic heterocycles. The van der Waals surface area contributed by atoms with E-state index in [1.807, 2.05) is 0 Å². The van der Waals surface area contributed by atoms with Crippen LogP contribution >= 0.6 is 0 Å². The molecule has 0 saturated heterocycles. The Kier molecular flexibility index (Phi) is 5.11. The molecule has 2 aromatic rings. The van der Waals surface area contributed by atoms with Crippen LogP contribution in [0.4, 0.5) is 29.3 Å². The summed E-state index contributed by atoms with van der Waals surface area (Å²) in [6, 6.07) is 2.76. The lowest BCUT2D eigenvalue weighted by molar-refractivity contribution is 0.0177. The van der Waals surface area contributed by atoms with Gasteiger partial charge in [0.2, 0.25) is 5.82 Å². The van der Waals surface area contributed by atoms with Crippen molar-refractivity contribution in [1.29, 1.82) is 0 Å². The topological polar surface area (TPSA) is 143 Å². The fourth-order valence-electron chi connectivity index (χ4n) is 3.62. The molecule has 2 amide bonds. The number of halogens is 3. The second-order valence-corrected chi connectivity index (χ2v) is 7.33. The van der Waals surface area contributed by atoms with Crippen molar-refractivity contribution in [2.24, 2.45) is 16.6 Å². The highest BCUT2D eigenvalue weighted by molar-refractivity contribution is 6.01. The van der Waals surface area contributed by atoms with Crippen LogP contribution in [0, 0.1) is 11.7 Å². The Labute approximate surface area is 178 Å². The van der Waals surface area contributed by atoms with Gasteiger partial charge in [0.05, 0.1) is 18.1 Å². The van der Waals surface area contributed by atoms with Crippen LogP contribution in [0.25, 0.3) is 0 Å². The van der Waals surface area contributed by atoms with Gasteiger partial charge in [0.1, 0.15) is 11.9 Å². The van der Waals surface area contributed by atoms with Crippen LogP contribution in [0.1, 0.15) is 22.6 Å². The molecule has 1 aliphatic heterocycles. The van der Waals surface area contributed by atoms with Crippen molar-refractivity contribution in [3.8, 4) is 0 Å². The van der Waals surface area contributed by atoms with Gasteiger partial charge >= 0.3 is 6.09 Å². The van der Waals surface area contributed by atoms with E-state index in [1.54, 1.807) is 0 Å². The van der Waals surface area contributed by atoms with Crippen LogP contribution in [0.5, 0.6) is 0 Å². The van der Waals surface area contributed by atoms with Gasteiger partial charge in [-0.15, -0.1) is 0 Å². The number of anilines is 2. The van der Waals surface area contributed by atoms with Gasteiger partial charge in [0, 0.05) is 24.2 Å². The van der Waals surface area contributed by atoms with Crippen molar-refractivity contribution in [3.05, 3.63) is 47.8 Å². The fraction of sp³-hybridized carbons (Fsp3) is 0.316. The third-order valence-corrected chi connectivity index (χ3v) is 5.37. The standard InChI is InChI=1S/C19H17F3N6O4/c1-28(18(30)31)9-6-24-14(25-7-9)15(29)26-8-2-3-12(20)10(4-8)19(16(21)22)11-5-13(11)32-17(23)27-19/h2-4,6-7,11,13,16H,5H2,1H3,(H2,23,27)(H,26,29)(H,30,31)/t11-,13+,19+/m0/s1. The molecule has 0 radical (unpaired) electrons. The fourth-order valence-corrected chi connectivity index (χ4v) is 3.62. The predicted octanol–water partition coefficient (Wildman–Crippen LogP) is 2.18. The van der Waals surface area contributed by atoms with E-state index in [9.17, 15) is 22.8 Å². The molecule has 0 bridgehead atoms. The third-order valence-electron chi connectivity index (χ3n) is 5.37. The Morgan fingerprint density at radius 3 is 2.66 bits per heavy atom. The molecule has 4 rings (SSSR count). The first-order valence-electron chi connectivity index (χ1n) is 9.33. The van der Waals surface area contributed by atoms with Gasteiger partial charge in [0.15, 0.2) is 5.54 Å². The van der Waals surface area contributed by atoms with Crippen LogP contribution in [-0.4, -0.2) is 52.7 Å². The molecule has 0 unspecified atom stereocenters. The van der Waals surface area contributed by atoms with Crippen molar-refractivity contribution in [1.82, 2.24) is 9.97 Å². The maximum absolute atomic E-state index is 14.6. The summed E-state index contributed by atoms with van der Waals surface area (Å²) in [6.45, 7) is 0. The lowest BCUT2D eigenvalue weighted by Crippen LogP contribution is -2.43. The quantitative estimate of drug-likeness (QED) is 0.634. The number of aromatic nitrogens is 2. The Balaban J connectivity index is 1.61. The Hall–Kier alpha value is -3.90. The van der Waals surface area contributed by atoms with Crippen LogP contribution in [-0.2, 0) is 10.3 Å². The van der Waals surface area contributed by atoms with E-state index in [1.165, 1.54) is 13.1 Å². The van der Waals surface area contributed by atoms with E-state index in [4.69, 9.17) is 15.6 Å². The number of amides is 2. The second kappa shape index (κ2) is 7.66. The molecule has 13 heteroatoms. The lowest BCUT2D eigenvalue weighted by Gasteiger charge is -2.33. The summed E-state index contributed by atoms with van der Waals surface area (Å²) in [5, 5.41) is 11.4. The first-order valence-corrected chi connectivity index (χ1v) is 9.33. The molecule has 3 atom stereocenters. The minimum Gasteiger partial charge on any atom is -0.465 e. The highest BCUT2D eigenvalue weighted by Crippen LogP contribution is 2.56. The number of carboxylic acid groups (broad SMARTS) is 1. The van der Waals surface area contributed by atoms with E-state index in [0.29, 0.717) is 0 Å². The van der Waals surface area contributed by atoms with Crippen molar-refractivity contribution in [2.75, 3.05) is 17.3 Å². The smallest absolute Gasteiger partial charge is 0.411 e. The number of fused-ring (bicyclic) bond motifs is 1. The minimum atomic E-state index is -3.07. The molecule has 10 nitrogen and oxygen atoms in total. The Bertz CT molecular complexity index is 1110. The number of carbonyl (C=O) groups excluding carboxylic acids is 1. The number of hydrogen-bond acceptors (Lipinski definition) is 7. The molecule has 1 saturated carbocycles. The number of hydrogen-bond donors (Lipinski definition) is 3. The number of benzene rings is 1. The third kappa shape index (κ3) is 3.55. The first-order chi connectivity index (χ1) is 15.1. The second-order valence-electron chi connectivity index (χ2n) is 7.33. The molecule has 1 aromatic carbocycles. The molecule has 0 spiro atoms. The zero-order valence-corrected chi connectivity index (χ0v) is 16.5. The van der Waals surface area contributed by atoms with Gasteiger partial charge < -0.3 is 20.9 Å². The highest BCUT2D eigenvalue weighted by Gasteiger charge is 2.64. The summed E-state index contributed by atoms with van der Waals surface area (Å²) >= 11 is 0. The molecule has 168 valence electrons. The number of nitrogens with zero attached hydrogens (tertiary/aromatic N) is 4. The summed E-state index contributed by atoms with van der Waals surface area (Å²) in [5.74, 6) is -2.79.